The van der Waals surface area contributed by atoms with Gasteiger partial charge in [-0.25, -0.2) is 8.42 Å². The molecular formula is C57H68ClN6O7PS2. The van der Waals surface area contributed by atoms with E-state index in [1.54, 1.807) is 23.9 Å². The lowest BCUT2D eigenvalue weighted by molar-refractivity contribution is -0.383. The molecule has 1 aromatic heterocycles. The van der Waals surface area contributed by atoms with Gasteiger partial charge in [0.2, 0.25) is 0 Å². The molecule has 2 atom stereocenters. The number of thioether (sulfide) groups is 1. The van der Waals surface area contributed by atoms with Gasteiger partial charge in [-0.15, -0.1) is 11.8 Å². The number of hydrogen-bond donors (Lipinski definition) is 2. The fourth-order valence-corrected chi connectivity index (χ4v) is 14.1. The Labute approximate surface area is 446 Å². The summed E-state index contributed by atoms with van der Waals surface area (Å²) in [7, 11) is -6.06. The molecule has 2 fully saturated rings. The van der Waals surface area contributed by atoms with Crippen molar-refractivity contribution in [3.63, 3.8) is 0 Å². The molecule has 392 valence electrons. The molecule has 0 spiro atoms. The highest BCUT2D eigenvalue weighted by atomic mass is 35.5. The van der Waals surface area contributed by atoms with Crippen molar-refractivity contribution in [2.45, 2.75) is 74.7 Å². The van der Waals surface area contributed by atoms with E-state index in [0.29, 0.717) is 57.4 Å². The molecule has 0 saturated carbocycles. The van der Waals surface area contributed by atoms with Gasteiger partial charge in [0, 0.05) is 103 Å². The van der Waals surface area contributed by atoms with Crippen LogP contribution in [0.2, 0.25) is 5.02 Å². The summed E-state index contributed by atoms with van der Waals surface area (Å²) in [6.07, 6.45) is 7.72. The molecule has 0 bridgehead atoms. The van der Waals surface area contributed by atoms with Crippen LogP contribution in [0, 0.1) is 23.0 Å². The summed E-state index contributed by atoms with van der Waals surface area (Å²) in [4.78, 5) is 18.3. The van der Waals surface area contributed by atoms with Crippen molar-refractivity contribution < 1.29 is 27.2 Å². The van der Waals surface area contributed by atoms with Gasteiger partial charge in [0.25, 0.3) is 5.69 Å². The van der Waals surface area contributed by atoms with Gasteiger partial charge in [-0.1, -0.05) is 66.7 Å². The van der Waals surface area contributed by atoms with Crippen LogP contribution in [0.4, 0.5) is 22.7 Å². The standard InChI is InChI=1S/C57H68ClN6O7PS2/c1-7-42-35-44(37-46(36-42)55-56(45-15-17-47(58)18-16-45)63(40(2)3)41(4)57(55)74(6,68)69)14-13-43-25-29-62(30-26-43)50-21-19-48(20-22-50)60-72(67,70-5)51-23-24-53(54(38-51)64(65)66)59-49(27-28-61-31-33-71-34-32-61)39-73-52-11-9-8-10-12-52/h7-12,15-24,35-38,40,43,49,59H,1,13-14,25-34,39H2,2-6H3,(H,60,67)/t49-,72?/m1/s1. The topological polar surface area (TPSA) is 148 Å². The minimum absolute atomic E-state index is 0.00259. The third-order valence-corrected chi connectivity index (χ3v) is 18.8. The number of ether oxygens (including phenoxy) is 1. The summed E-state index contributed by atoms with van der Waals surface area (Å²) >= 11 is 8.02. The number of sulfone groups is 1. The molecule has 0 radical (unpaired) electrons. The second kappa shape index (κ2) is 24.5. The maximum absolute atomic E-state index is 14.4. The molecule has 2 N–H and O–H groups in total. The Hall–Kier alpha value is -5.38. The molecule has 3 heterocycles. The van der Waals surface area contributed by atoms with Gasteiger partial charge in [0.15, 0.2) is 9.84 Å². The monoisotopic (exact) mass is 1080 g/mol. The highest BCUT2D eigenvalue weighted by molar-refractivity contribution is 7.99. The minimum atomic E-state index is -3.78. The normalized spacial score (nSPS) is 16.0. The number of nitrogens with one attached hydrogen (secondary N) is 2. The van der Waals surface area contributed by atoms with Crippen LogP contribution in [-0.2, 0) is 30.1 Å². The molecule has 8 rings (SSSR count). The van der Waals surface area contributed by atoms with Crippen molar-refractivity contribution in [1.82, 2.24) is 9.47 Å². The van der Waals surface area contributed by atoms with Gasteiger partial charge < -0.3 is 29.1 Å². The first-order chi connectivity index (χ1) is 35.5. The quantitative estimate of drug-likeness (QED) is 0.0288. The summed E-state index contributed by atoms with van der Waals surface area (Å²) < 4.78 is 55.0. The van der Waals surface area contributed by atoms with Crippen molar-refractivity contribution in [1.29, 1.82) is 0 Å². The van der Waals surface area contributed by atoms with Crippen LogP contribution in [0.3, 0.4) is 0 Å². The van der Waals surface area contributed by atoms with Gasteiger partial charge >= 0.3 is 7.52 Å². The van der Waals surface area contributed by atoms with E-state index < -0.39 is 22.3 Å². The van der Waals surface area contributed by atoms with Crippen molar-refractivity contribution in [2.24, 2.45) is 5.92 Å². The van der Waals surface area contributed by atoms with Crippen LogP contribution >= 0.6 is 30.9 Å². The number of anilines is 3. The van der Waals surface area contributed by atoms with E-state index in [0.717, 1.165) is 103 Å². The summed E-state index contributed by atoms with van der Waals surface area (Å²) in [5.74, 6) is 1.20. The highest BCUT2D eigenvalue weighted by Gasteiger charge is 2.32. The third-order valence-electron chi connectivity index (χ3n) is 14.1. The lowest BCUT2D eigenvalue weighted by Crippen LogP contribution is -2.39. The third kappa shape index (κ3) is 13.3. The van der Waals surface area contributed by atoms with Crippen LogP contribution in [0.5, 0.6) is 0 Å². The Bertz CT molecular complexity index is 3070. The first kappa shape index (κ1) is 54.9. The van der Waals surface area contributed by atoms with E-state index in [-0.39, 0.29) is 23.1 Å². The molecule has 2 aliphatic heterocycles. The van der Waals surface area contributed by atoms with E-state index in [9.17, 15) is 23.1 Å². The van der Waals surface area contributed by atoms with Crippen molar-refractivity contribution >= 4 is 74.8 Å². The van der Waals surface area contributed by atoms with Gasteiger partial charge in [-0.05, 0) is 148 Å². The number of nitro groups is 1. The lowest BCUT2D eigenvalue weighted by atomic mass is 9.89. The molecule has 6 aromatic rings. The fraction of sp³-hybridized carbons (Fsp3) is 0.368. The lowest BCUT2D eigenvalue weighted by Gasteiger charge is -2.34. The highest BCUT2D eigenvalue weighted by Crippen LogP contribution is 2.47. The number of nitrogens with zero attached hydrogens (tertiary/aromatic N) is 4. The van der Waals surface area contributed by atoms with Gasteiger partial charge in [-0.2, -0.15) is 0 Å². The van der Waals surface area contributed by atoms with Crippen LogP contribution in [-0.4, -0.2) is 93.9 Å². The molecular weight excluding hydrogens is 1010 g/mol. The first-order valence-electron chi connectivity index (χ1n) is 25.3. The molecule has 0 aliphatic carbocycles. The van der Waals surface area contributed by atoms with Crippen molar-refractivity contribution in [3.8, 4) is 22.4 Å². The number of aryl methyl sites for hydroxylation is 1. The molecule has 0 amide bonds. The largest absolute Gasteiger partial charge is 0.379 e. The van der Waals surface area contributed by atoms with Gasteiger partial charge in [-0.3, -0.25) is 19.6 Å². The summed E-state index contributed by atoms with van der Waals surface area (Å²) in [5, 5.41) is 19.9. The fourth-order valence-electron chi connectivity index (χ4n) is 10.3. The van der Waals surface area contributed by atoms with Crippen LogP contribution in [0.25, 0.3) is 28.5 Å². The number of halogens is 1. The van der Waals surface area contributed by atoms with Crippen LogP contribution < -0.4 is 20.6 Å². The molecule has 17 heteroatoms. The Balaban J connectivity index is 0.916. The molecule has 5 aromatic carbocycles. The number of rotatable bonds is 22. The molecule has 2 saturated heterocycles. The van der Waals surface area contributed by atoms with E-state index in [1.807, 2.05) is 85.8 Å². The van der Waals surface area contributed by atoms with Gasteiger partial charge in [0.1, 0.15) is 5.69 Å². The number of hydrogen-bond acceptors (Lipinski definition) is 11. The summed E-state index contributed by atoms with van der Waals surface area (Å²) in [6.45, 7) is 15.8. The molecule has 74 heavy (non-hydrogen) atoms. The summed E-state index contributed by atoms with van der Waals surface area (Å²) in [5.41, 5.74) is 7.88. The molecule has 1 unspecified atom stereocenters. The average molecular weight is 1080 g/mol. The Kier molecular flexibility index (Phi) is 18.2. The maximum atomic E-state index is 14.4. The first-order valence-corrected chi connectivity index (χ1v) is 30.2. The predicted molar refractivity (Wildman–Crippen MR) is 306 cm³/mol. The summed E-state index contributed by atoms with van der Waals surface area (Å²) in [6, 6.07) is 36.4. The zero-order valence-electron chi connectivity index (χ0n) is 43.0. The molecule has 13 nitrogen and oxygen atoms in total. The van der Waals surface area contributed by atoms with Crippen LogP contribution in [0.15, 0.2) is 132 Å². The van der Waals surface area contributed by atoms with E-state index in [4.69, 9.17) is 20.9 Å². The second-order valence-electron chi connectivity index (χ2n) is 19.6. The molecule has 2 aliphatic rings. The number of benzene rings is 5. The maximum Gasteiger partial charge on any atom is 0.323 e. The Morgan fingerprint density at radius 1 is 0.946 bits per heavy atom. The van der Waals surface area contributed by atoms with E-state index >= 15 is 0 Å². The predicted octanol–water partition coefficient (Wildman–Crippen LogP) is 13.0. The van der Waals surface area contributed by atoms with E-state index in [1.165, 1.54) is 19.4 Å². The SMILES string of the molecule is C=Cc1cc(CCC2CCN(c3ccc(NP(=O)(OC)c4ccc(N[C@H](CCN5CCOCC5)CSc5ccccc5)c([N+](=O)[O-])c4)cc3)CC2)cc(-c2c(S(C)(=O)=O)c(C)n(C(C)C)c2-c2ccc(Cl)cc2)c1. The van der Waals surface area contributed by atoms with Crippen molar-refractivity contribution in [3.05, 3.63) is 154 Å². The smallest absolute Gasteiger partial charge is 0.323 e. The number of nitro benzene ring substituents is 1. The second-order valence-corrected chi connectivity index (χ2v) is 25.3. The Morgan fingerprint density at radius 3 is 2.28 bits per heavy atom. The number of morpholine rings is 1. The Morgan fingerprint density at radius 2 is 1.65 bits per heavy atom. The zero-order valence-corrected chi connectivity index (χ0v) is 46.3. The minimum Gasteiger partial charge on any atom is -0.379 e. The van der Waals surface area contributed by atoms with Crippen LogP contribution in [0.1, 0.15) is 62.4 Å². The average Bonchev–Trinajstić information content (AvgIpc) is 3.74. The number of aromatic nitrogens is 1. The van der Waals surface area contributed by atoms with Gasteiger partial charge in [0.05, 0.1) is 34.0 Å². The van der Waals surface area contributed by atoms with E-state index in [2.05, 4.69) is 69.5 Å². The number of piperidine rings is 1. The van der Waals surface area contributed by atoms with Crippen molar-refractivity contribution in [2.75, 3.05) is 80.4 Å². The zero-order chi connectivity index (χ0) is 52.6.